The third-order valence-corrected chi connectivity index (χ3v) is 6.59. The number of cyclic esters (lactones) is 1. The predicted molar refractivity (Wildman–Crippen MR) is 127 cm³/mol. The topological polar surface area (TPSA) is 186 Å². The quantitative estimate of drug-likeness (QED) is 0.307. The normalized spacial score (nSPS) is 17.3. The van der Waals surface area contributed by atoms with Crippen LogP contribution in [0.25, 0.3) is 22.3 Å². The maximum Gasteiger partial charge on any atom is 0.416 e. The van der Waals surface area contributed by atoms with Gasteiger partial charge < -0.3 is 29.4 Å². The van der Waals surface area contributed by atoms with Gasteiger partial charge in [0.2, 0.25) is 0 Å². The number of benzene rings is 1. The van der Waals surface area contributed by atoms with Gasteiger partial charge in [-0.05, 0) is 36.8 Å². The third kappa shape index (κ3) is 4.02. The van der Waals surface area contributed by atoms with Gasteiger partial charge in [0.25, 0.3) is 5.56 Å². The molecule has 0 unspecified atom stereocenters. The maximum atomic E-state index is 13.3. The number of fused-ring (bicyclic) bond motifs is 5. The molecule has 4 heterocycles. The number of amides is 1. The molecule has 2 aliphatic rings. The minimum atomic E-state index is -1.93. The Balaban J connectivity index is 1.50. The van der Waals surface area contributed by atoms with Gasteiger partial charge in [-0.15, -0.1) is 0 Å². The Kier molecular flexibility index (Phi) is 5.87. The molecule has 3 N–H and O–H groups in total. The van der Waals surface area contributed by atoms with Crippen LogP contribution in [0.4, 0.5) is 4.79 Å². The van der Waals surface area contributed by atoms with Crippen molar-refractivity contribution in [2.75, 3.05) is 13.1 Å². The molecule has 0 spiro atoms. The number of aliphatic carboxylic acids is 2. The Hall–Kier alpha value is -4.78. The number of hydrogen-bond donors (Lipinski definition) is 3. The molecule has 1 amide bonds. The average Bonchev–Trinajstić information content (AvgIpc) is 3.22. The zero-order chi connectivity index (χ0) is 27.4. The van der Waals surface area contributed by atoms with Crippen LogP contribution in [-0.4, -0.2) is 66.9 Å². The first-order chi connectivity index (χ1) is 18.0. The zero-order valence-electron chi connectivity index (χ0n) is 20.0. The molecule has 0 fully saturated rings. The first-order valence-corrected chi connectivity index (χ1v) is 11.5. The van der Waals surface area contributed by atoms with Crippen molar-refractivity contribution < 1.29 is 44.0 Å². The summed E-state index contributed by atoms with van der Waals surface area (Å²) in [5.74, 6) is -3.57. The van der Waals surface area contributed by atoms with E-state index in [2.05, 4.69) is 4.98 Å². The van der Waals surface area contributed by atoms with E-state index >= 15 is 0 Å². The lowest BCUT2D eigenvalue weighted by Crippen LogP contribution is -2.44. The maximum absolute atomic E-state index is 13.3. The minimum absolute atomic E-state index is 0.0254. The second-order valence-electron chi connectivity index (χ2n) is 8.97. The lowest BCUT2D eigenvalue weighted by atomic mass is 9.86. The summed E-state index contributed by atoms with van der Waals surface area (Å²) in [4.78, 5) is 65.1. The van der Waals surface area contributed by atoms with Crippen LogP contribution in [0.2, 0.25) is 0 Å². The molecule has 13 nitrogen and oxygen atoms in total. The molecule has 2 aliphatic heterocycles. The molecular weight excluding hydrogens is 502 g/mol. The molecule has 0 bridgehead atoms. The highest BCUT2D eigenvalue weighted by Gasteiger charge is 2.45. The third-order valence-electron chi connectivity index (χ3n) is 6.59. The van der Waals surface area contributed by atoms with Crippen molar-refractivity contribution in [2.45, 2.75) is 32.1 Å². The number of carboxylic acids is 2. The van der Waals surface area contributed by atoms with Crippen LogP contribution >= 0.6 is 0 Å². The average molecular weight is 523 g/mol. The van der Waals surface area contributed by atoms with Crippen molar-refractivity contribution >= 4 is 34.9 Å². The molecule has 1 atom stereocenters. The number of pyridine rings is 2. The predicted octanol–water partition coefficient (Wildman–Crippen LogP) is 1.05. The van der Waals surface area contributed by atoms with E-state index in [1.165, 1.54) is 16.7 Å². The lowest BCUT2D eigenvalue weighted by Gasteiger charge is -2.31. The molecule has 1 aromatic carbocycles. The SMILES string of the molecule is CC[C@@]1(O)C(=O)OCc2c1cc1n(c2=O)Cc2cc3cc(OC(=O)N(CC(=O)O)CC(=O)O)ccc3nc2-1. The van der Waals surface area contributed by atoms with E-state index in [1.54, 1.807) is 25.1 Å². The zero-order valence-corrected chi connectivity index (χ0v) is 20.0. The number of nitrogens with zero attached hydrogens (tertiary/aromatic N) is 3. The standard InChI is InChI=1S/C25H21N3O10/c1-2-25(36)16-7-18-21-13(8-28(18)22(33)15(16)11-37-23(25)34)5-12-6-14(3-4-17(12)26-21)38-24(35)27(9-19(29)30)10-20(31)32/h3-7,36H,2,8-11H2,1H3,(H,29,30)(H,31,32)/t25-/m0/s1. The van der Waals surface area contributed by atoms with Crippen LogP contribution in [0, 0.1) is 0 Å². The number of aromatic nitrogens is 2. The summed E-state index contributed by atoms with van der Waals surface area (Å²) in [7, 11) is 0. The highest BCUT2D eigenvalue weighted by molar-refractivity contribution is 5.88. The molecule has 13 heteroatoms. The van der Waals surface area contributed by atoms with Crippen molar-refractivity contribution in [2.24, 2.45) is 0 Å². The molecule has 196 valence electrons. The van der Waals surface area contributed by atoms with Gasteiger partial charge in [0, 0.05) is 16.5 Å². The number of carboxylic acid groups (broad SMARTS) is 2. The number of hydrogen-bond acceptors (Lipinski definition) is 9. The number of carbonyl (C=O) groups excluding carboxylic acids is 2. The summed E-state index contributed by atoms with van der Waals surface area (Å²) in [6, 6.07) is 7.80. The number of ether oxygens (including phenoxy) is 2. The van der Waals surface area contributed by atoms with Gasteiger partial charge in [0.15, 0.2) is 5.60 Å². The number of rotatable bonds is 6. The molecule has 0 saturated heterocycles. The number of esters is 1. The van der Waals surface area contributed by atoms with Crippen molar-refractivity contribution in [1.29, 1.82) is 0 Å². The Morgan fingerprint density at radius 3 is 2.50 bits per heavy atom. The van der Waals surface area contributed by atoms with Crippen LogP contribution in [-0.2, 0) is 37.9 Å². The molecule has 0 radical (unpaired) electrons. The van der Waals surface area contributed by atoms with Crippen LogP contribution in [0.5, 0.6) is 5.75 Å². The molecule has 38 heavy (non-hydrogen) atoms. The summed E-state index contributed by atoms with van der Waals surface area (Å²) >= 11 is 0. The van der Waals surface area contributed by atoms with Crippen LogP contribution in [0.15, 0.2) is 35.1 Å². The fourth-order valence-corrected chi connectivity index (χ4v) is 4.70. The van der Waals surface area contributed by atoms with E-state index < -0.39 is 48.3 Å². The fraction of sp³-hybridized carbons (Fsp3) is 0.280. The van der Waals surface area contributed by atoms with E-state index in [0.29, 0.717) is 32.8 Å². The highest BCUT2D eigenvalue weighted by Crippen LogP contribution is 2.38. The van der Waals surface area contributed by atoms with Gasteiger partial charge in [0.1, 0.15) is 25.4 Å². The van der Waals surface area contributed by atoms with Gasteiger partial charge in [-0.25, -0.2) is 14.6 Å². The van der Waals surface area contributed by atoms with E-state index in [9.17, 15) is 29.1 Å². The van der Waals surface area contributed by atoms with E-state index in [4.69, 9.17) is 19.7 Å². The Labute approximate surface area is 213 Å². The van der Waals surface area contributed by atoms with Gasteiger partial charge in [-0.2, -0.15) is 0 Å². The Bertz CT molecular complexity index is 1600. The van der Waals surface area contributed by atoms with Gasteiger partial charge in [0.05, 0.1) is 29.0 Å². The molecule has 2 aromatic heterocycles. The van der Waals surface area contributed by atoms with Crippen molar-refractivity contribution in [1.82, 2.24) is 14.5 Å². The minimum Gasteiger partial charge on any atom is -0.480 e. The summed E-state index contributed by atoms with van der Waals surface area (Å²) in [6.07, 6.45) is -1.12. The van der Waals surface area contributed by atoms with E-state index in [0.717, 1.165) is 0 Å². The molecule has 3 aromatic rings. The highest BCUT2D eigenvalue weighted by atomic mass is 16.6. The number of carbonyl (C=O) groups is 4. The van der Waals surface area contributed by atoms with E-state index in [-0.39, 0.29) is 36.4 Å². The second kappa shape index (κ2) is 8.95. The first-order valence-electron chi connectivity index (χ1n) is 11.5. The van der Waals surface area contributed by atoms with Crippen LogP contribution in [0.3, 0.4) is 0 Å². The molecule has 0 saturated carbocycles. The van der Waals surface area contributed by atoms with Crippen molar-refractivity contribution in [3.8, 4) is 17.1 Å². The van der Waals surface area contributed by atoms with Crippen molar-refractivity contribution in [3.63, 3.8) is 0 Å². The lowest BCUT2D eigenvalue weighted by molar-refractivity contribution is -0.172. The van der Waals surface area contributed by atoms with Gasteiger partial charge in [-0.1, -0.05) is 6.92 Å². The first kappa shape index (κ1) is 24.9. The summed E-state index contributed by atoms with van der Waals surface area (Å²) < 4.78 is 11.8. The Morgan fingerprint density at radius 1 is 1.13 bits per heavy atom. The summed E-state index contributed by atoms with van der Waals surface area (Å²) in [5, 5.41) is 29.4. The Morgan fingerprint density at radius 2 is 1.84 bits per heavy atom. The number of aliphatic hydroxyl groups is 1. The molecular formula is C25H21N3O10. The summed E-state index contributed by atoms with van der Waals surface area (Å²) in [5.41, 5.74) is 0.176. The second-order valence-corrected chi connectivity index (χ2v) is 8.97. The van der Waals surface area contributed by atoms with Crippen molar-refractivity contribution in [3.05, 3.63) is 57.4 Å². The smallest absolute Gasteiger partial charge is 0.416 e. The molecule has 0 aliphatic carbocycles. The van der Waals surface area contributed by atoms with Gasteiger partial charge in [-0.3, -0.25) is 19.3 Å². The van der Waals surface area contributed by atoms with Crippen LogP contribution in [0.1, 0.15) is 30.0 Å². The van der Waals surface area contributed by atoms with Gasteiger partial charge >= 0.3 is 24.0 Å². The molecule has 5 rings (SSSR count). The summed E-state index contributed by atoms with van der Waals surface area (Å²) in [6.45, 7) is -0.152. The fourth-order valence-electron chi connectivity index (χ4n) is 4.70. The van der Waals surface area contributed by atoms with E-state index in [1.807, 2.05) is 0 Å². The monoisotopic (exact) mass is 523 g/mol. The largest absolute Gasteiger partial charge is 0.480 e. The van der Waals surface area contributed by atoms with Crippen LogP contribution < -0.4 is 10.3 Å².